The van der Waals surface area contributed by atoms with Crippen molar-refractivity contribution >= 4 is 30.9 Å². The van der Waals surface area contributed by atoms with Gasteiger partial charge in [0.15, 0.2) is 0 Å². The average Bonchev–Trinajstić information content (AvgIpc) is 3.98. The monoisotopic (exact) mass is 854 g/mol. The van der Waals surface area contributed by atoms with Gasteiger partial charge in [-0.15, -0.1) is 22.8 Å². The molecule has 1 aromatic heterocycles. The van der Waals surface area contributed by atoms with Crippen molar-refractivity contribution in [2.24, 2.45) is 11.8 Å². The normalized spacial score (nSPS) is 18.7. The van der Waals surface area contributed by atoms with Crippen LogP contribution in [0.25, 0.3) is 27.5 Å². The van der Waals surface area contributed by atoms with Gasteiger partial charge in [0.05, 0.1) is 0 Å². The third-order valence-corrected chi connectivity index (χ3v) is 14.5. The van der Waals surface area contributed by atoms with Crippen LogP contribution in [0.4, 0.5) is 0 Å². The first-order valence-electron chi connectivity index (χ1n) is 19.1. The van der Waals surface area contributed by atoms with Crippen LogP contribution < -0.4 is 24.8 Å². The summed E-state index contributed by atoms with van der Waals surface area (Å²) >= 11 is 3.19. The van der Waals surface area contributed by atoms with E-state index in [9.17, 15) is 0 Å². The van der Waals surface area contributed by atoms with E-state index in [1.54, 1.807) is 39.5 Å². The summed E-state index contributed by atoms with van der Waals surface area (Å²) in [5.41, 5.74) is 18.9. The molecule has 1 heterocycles. The maximum atomic E-state index is 3.27. The molecule has 0 saturated carbocycles. The SMILES string of the molecule is Cc1cc2c(c(C)c1C)C(C)c1c3c(c4ccccc4c1-2)C(C)C(C)C(C)[C-]3C.[C-]1=C(c2ccsc2)C=CC1.[Cl-].[Cl-].[Zr+2]=[C](c1ccccc1)c1ccccc1. The van der Waals surface area contributed by atoms with Crippen molar-refractivity contribution in [1.82, 2.24) is 0 Å². The molecule has 0 radical (unpaired) electrons. The molecule has 3 aliphatic carbocycles. The standard InChI is InChI=1S/C29H33.C13H10.C9H7S.2ClH.Zr/c1-14-13-24-25(18(5)15(14)2)21(8)28-27-20(7)17(4)16(3)19(6)26(27)22-11-9-10-12-23(22)29(24)28;1-3-7-12(8-4-1)11-13-9-5-2-6-10-13;1-2-4-8(3-1)9-5-6-10-7-9;;;/h9-13,16-17,19,21H,1-8H3;1-10H;1,3,5-7H,2H2;2*1H;/q-1;;-1;;;+2/p-2. The second-order valence-electron chi connectivity index (χ2n) is 15.2. The summed E-state index contributed by atoms with van der Waals surface area (Å²) in [6, 6.07) is 34.9. The Morgan fingerprint density at radius 2 is 1.35 bits per heavy atom. The Labute approximate surface area is 361 Å². The molecule has 4 atom stereocenters. The van der Waals surface area contributed by atoms with Gasteiger partial charge in [-0.2, -0.15) is 40.5 Å². The minimum absolute atomic E-state index is 0. The van der Waals surface area contributed by atoms with Gasteiger partial charge in [0, 0.05) is 0 Å². The van der Waals surface area contributed by atoms with Crippen molar-refractivity contribution in [3.05, 3.63) is 188 Å². The predicted octanol–water partition coefficient (Wildman–Crippen LogP) is 7.93. The average molecular weight is 857 g/mol. The van der Waals surface area contributed by atoms with Crippen LogP contribution in [-0.4, -0.2) is 3.21 Å². The maximum absolute atomic E-state index is 3.27. The Bertz CT molecular complexity index is 2290. The Kier molecular flexibility index (Phi) is 14.3. The molecule has 3 aliphatic rings. The van der Waals surface area contributed by atoms with E-state index < -0.39 is 0 Å². The topological polar surface area (TPSA) is 0 Å². The molecule has 0 spiro atoms. The van der Waals surface area contributed by atoms with E-state index in [0.717, 1.165) is 6.42 Å². The second-order valence-corrected chi connectivity index (χ2v) is 17.2. The first kappa shape index (κ1) is 42.9. The van der Waals surface area contributed by atoms with E-state index in [2.05, 4.69) is 181 Å². The number of hydrogen-bond donors (Lipinski definition) is 0. The quantitative estimate of drug-likeness (QED) is 0.159. The second kappa shape index (κ2) is 18.3. The summed E-state index contributed by atoms with van der Waals surface area (Å²) in [4.78, 5) is 0. The molecule has 280 valence electrons. The number of benzene rings is 5. The molecule has 0 saturated heterocycles. The molecular formula is C51H50Cl2SZr-2. The number of hydrogen-bond acceptors (Lipinski definition) is 1. The van der Waals surface area contributed by atoms with Crippen LogP contribution in [0.5, 0.6) is 0 Å². The third-order valence-electron chi connectivity index (χ3n) is 12.4. The van der Waals surface area contributed by atoms with Crippen molar-refractivity contribution in [1.29, 1.82) is 0 Å². The van der Waals surface area contributed by atoms with E-state index in [1.807, 2.05) is 0 Å². The van der Waals surface area contributed by atoms with E-state index >= 15 is 0 Å². The van der Waals surface area contributed by atoms with E-state index in [4.69, 9.17) is 0 Å². The molecule has 0 aliphatic heterocycles. The number of halogens is 2. The van der Waals surface area contributed by atoms with Gasteiger partial charge in [-0.05, 0) is 65.3 Å². The molecule has 5 aromatic carbocycles. The predicted molar refractivity (Wildman–Crippen MR) is 227 cm³/mol. The summed E-state index contributed by atoms with van der Waals surface area (Å²) in [7, 11) is 0. The van der Waals surface area contributed by atoms with Crippen molar-refractivity contribution in [3.8, 4) is 11.1 Å². The van der Waals surface area contributed by atoms with Gasteiger partial charge in [-0.25, -0.2) is 0 Å². The number of aryl methyl sites for hydroxylation is 1. The summed E-state index contributed by atoms with van der Waals surface area (Å²) in [5, 5.41) is 7.17. The molecule has 55 heavy (non-hydrogen) atoms. The zero-order valence-corrected chi connectivity index (χ0v) is 38.0. The van der Waals surface area contributed by atoms with Crippen LogP contribution in [0.1, 0.15) is 109 Å². The molecule has 4 unspecified atom stereocenters. The molecule has 9 rings (SSSR count). The first-order valence-corrected chi connectivity index (χ1v) is 21.3. The fraction of sp³-hybridized carbons (Fsp3) is 0.255. The van der Waals surface area contributed by atoms with Gasteiger partial charge in [-0.3, -0.25) is 0 Å². The zero-order valence-electron chi connectivity index (χ0n) is 33.2. The Hall–Kier alpha value is -3.26. The third kappa shape index (κ3) is 8.13. The van der Waals surface area contributed by atoms with Crippen molar-refractivity contribution in [2.45, 2.75) is 73.6 Å². The fourth-order valence-corrected chi connectivity index (χ4v) is 10.3. The number of allylic oxidation sites excluding steroid dienone is 4. The van der Waals surface area contributed by atoms with Gasteiger partial charge in [-0.1, -0.05) is 112 Å². The number of rotatable bonds is 3. The Balaban J connectivity index is 0.000000185. The Morgan fingerprint density at radius 1 is 0.745 bits per heavy atom. The van der Waals surface area contributed by atoms with E-state index in [0.29, 0.717) is 23.7 Å². The summed E-state index contributed by atoms with van der Waals surface area (Å²) in [6.07, 6.45) is 8.51. The molecular weight excluding hydrogens is 807 g/mol. The molecule has 4 heteroatoms. The molecule has 0 N–H and O–H groups in total. The van der Waals surface area contributed by atoms with Crippen LogP contribution in [0.3, 0.4) is 0 Å². The fourth-order valence-electron chi connectivity index (χ4n) is 8.83. The number of thiophene rings is 1. The summed E-state index contributed by atoms with van der Waals surface area (Å²) < 4.78 is 1.42. The van der Waals surface area contributed by atoms with Crippen LogP contribution in [0.2, 0.25) is 0 Å². The van der Waals surface area contributed by atoms with E-state index in [-0.39, 0.29) is 24.8 Å². The van der Waals surface area contributed by atoms with Crippen molar-refractivity contribution in [2.75, 3.05) is 0 Å². The van der Waals surface area contributed by atoms with Crippen LogP contribution in [0.15, 0.2) is 120 Å². The molecule has 0 fully saturated rings. The zero-order chi connectivity index (χ0) is 37.4. The number of fused-ring (bicyclic) bond motifs is 8. The van der Waals surface area contributed by atoms with Gasteiger partial charge >= 0.3 is 99.2 Å². The minimum atomic E-state index is 0. The van der Waals surface area contributed by atoms with Crippen molar-refractivity contribution < 1.29 is 49.0 Å². The van der Waals surface area contributed by atoms with Crippen LogP contribution in [-0.2, 0) is 24.2 Å². The molecule has 6 aromatic rings. The van der Waals surface area contributed by atoms with Gasteiger partial charge in [0.25, 0.3) is 0 Å². The van der Waals surface area contributed by atoms with Gasteiger partial charge in [0.1, 0.15) is 0 Å². The Morgan fingerprint density at radius 3 is 1.91 bits per heavy atom. The summed E-state index contributed by atoms with van der Waals surface area (Å²) in [6.45, 7) is 19.1. The summed E-state index contributed by atoms with van der Waals surface area (Å²) in [5.74, 6) is 3.94. The van der Waals surface area contributed by atoms with E-state index in [1.165, 1.54) is 88.3 Å². The first-order chi connectivity index (χ1) is 25.6. The van der Waals surface area contributed by atoms with Gasteiger partial charge < -0.3 is 24.8 Å². The van der Waals surface area contributed by atoms with Gasteiger partial charge in [0.2, 0.25) is 0 Å². The molecule has 0 bridgehead atoms. The van der Waals surface area contributed by atoms with Crippen LogP contribution >= 0.6 is 11.3 Å². The molecule has 0 amide bonds. The van der Waals surface area contributed by atoms with Crippen molar-refractivity contribution in [3.63, 3.8) is 0 Å². The van der Waals surface area contributed by atoms with Crippen LogP contribution in [0, 0.1) is 44.6 Å². The molecule has 0 nitrogen and oxygen atoms in total.